The molecule has 0 aromatic heterocycles. The molecule has 0 fully saturated rings. The highest BCUT2D eigenvalue weighted by Crippen LogP contribution is 2.30. The third-order valence-electron chi connectivity index (χ3n) is 3.69. The third-order valence-corrected chi connectivity index (χ3v) is 5.11. The normalized spacial score (nSPS) is 11.6. The molecular formula is C19H17F2NO7S. The minimum Gasteiger partial charge on any atom is -0.493 e. The second-order valence-corrected chi connectivity index (χ2v) is 7.50. The maximum atomic E-state index is 12.5. The smallest absolute Gasteiger partial charge is 0.387 e. The Bertz CT molecular complexity index is 1050. The zero-order valence-electron chi connectivity index (χ0n) is 15.5. The van der Waals surface area contributed by atoms with Crippen LogP contribution in [0, 0.1) is 0 Å². The second kappa shape index (κ2) is 9.94. The van der Waals surface area contributed by atoms with E-state index in [1.165, 1.54) is 49.6 Å². The van der Waals surface area contributed by atoms with Crippen LogP contribution in [0.1, 0.15) is 15.9 Å². The van der Waals surface area contributed by atoms with E-state index in [0.717, 1.165) is 12.1 Å². The monoisotopic (exact) mass is 441 g/mol. The van der Waals surface area contributed by atoms with Crippen LogP contribution < -0.4 is 14.2 Å². The molecular weight excluding hydrogens is 424 g/mol. The Kier molecular flexibility index (Phi) is 7.61. The first-order valence-electron chi connectivity index (χ1n) is 8.29. The number of halogens is 2. The van der Waals surface area contributed by atoms with Gasteiger partial charge >= 0.3 is 12.6 Å². The molecule has 2 rings (SSSR count). The minimum atomic E-state index is -4.02. The van der Waals surface area contributed by atoms with E-state index < -0.39 is 34.9 Å². The number of nitrogens with one attached hydrogen (secondary N) is 1. The van der Waals surface area contributed by atoms with E-state index in [2.05, 4.69) is 4.74 Å². The average molecular weight is 441 g/mol. The number of hydrogen-bond donors (Lipinski definition) is 2. The number of rotatable bonds is 10. The van der Waals surface area contributed by atoms with Crippen LogP contribution in [-0.4, -0.2) is 45.5 Å². The molecule has 0 saturated carbocycles. The van der Waals surface area contributed by atoms with E-state index in [1.54, 1.807) is 0 Å². The number of carbonyl (C=O) groups excluding carboxylic acids is 1. The fourth-order valence-corrected chi connectivity index (χ4v) is 3.27. The highest BCUT2D eigenvalue weighted by Gasteiger charge is 2.16. The molecule has 0 spiro atoms. The molecule has 2 aromatic rings. The van der Waals surface area contributed by atoms with Crippen LogP contribution in [0.2, 0.25) is 0 Å². The molecule has 0 atom stereocenters. The summed E-state index contributed by atoms with van der Waals surface area (Å²) in [5.41, 5.74) is 0.567. The predicted molar refractivity (Wildman–Crippen MR) is 102 cm³/mol. The molecule has 0 heterocycles. The van der Waals surface area contributed by atoms with E-state index in [9.17, 15) is 26.8 Å². The van der Waals surface area contributed by atoms with Crippen molar-refractivity contribution in [3.05, 3.63) is 59.7 Å². The van der Waals surface area contributed by atoms with Crippen LogP contribution in [0.4, 0.5) is 8.78 Å². The summed E-state index contributed by atoms with van der Waals surface area (Å²) in [7, 11) is -2.72. The molecule has 0 radical (unpaired) electrons. The summed E-state index contributed by atoms with van der Waals surface area (Å²) < 4.78 is 60.0. The van der Waals surface area contributed by atoms with Gasteiger partial charge in [0.25, 0.3) is 0 Å². The number of ether oxygens (including phenoxy) is 2. The number of carboxylic acid groups (broad SMARTS) is 1. The first-order valence-corrected chi connectivity index (χ1v) is 9.77. The van der Waals surface area contributed by atoms with Gasteiger partial charge in [-0.05, 0) is 48.0 Å². The average Bonchev–Trinajstić information content (AvgIpc) is 2.70. The number of methoxy groups -OCH3 is 1. The van der Waals surface area contributed by atoms with Crippen molar-refractivity contribution in [2.24, 2.45) is 0 Å². The first kappa shape index (κ1) is 23.0. The van der Waals surface area contributed by atoms with Gasteiger partial charge in [-0.15, -0.1) is 0 Å². The van der Waals surface area contributed by atoms with E-state index in [-0.39, 0.29) is 22.0 Å². The van der Waals surface area contributed by atoms with Crippen LogP contribution in [0.15, 0.2) is 53.4 Å². The molecule has 2 N–H and O–H groups in total. The number of hydrogen-bond acceptors (Lipinski definition) is 6. The van der Waals surface area contributed by atoms with Crippen molar-refractivity contribution in [1.29, 1.82) is 0 Å². The lowest BCUT2D eigenvalue weighted by Crippen LogP contribution is -2.29. The Hall–Kier alpha value is -3.31. The minimum absolute atomic E-state index is 0.104. The maximum Gasteiger partial charge on any atom is 0.387 e. The maximum absolute atomic E-state index is 12.5. The van der Waals surface area contributed by atoms with Gasteiger partial charge in [-0.25, -0.2) is 8.42 Å². The van der Waals surface area contributed by atoms with Crippen LogP contribution >= 0.6 is 0 Å². The van der Waals surface area contributed by atoms with Gasteiger partial charge in [0.1, 0.15) is 6.54 Å². The summed E-state index contributed by atoms with van der Waals surface area (Å²) >= 11 is 0. The van der Waals surface area contributed by atoms with E-state index in [1.807, 2.05) is 4.72 Å². The number of allylic oxidation sites excluding steroid dienone is 1. The van der Waals surface area contributed by atoms with Crippen LogP contribution in [0.25, 0.3) is 6.08 Å². The van der Waals surface area contributed by atoms with Crippen molar-refractivity contribution in [2.45, 2.75) is 11.5 Å². The molecule has 8 nitrogen and oxygen atoms in total. The fraction of sp³-hybridized carbons (Fsp3) is 0.158. The lowest BCUT2D eigenvalue weighted by molar-refractivity contribution is -0.135. The summed E-state index contributed by atoms with van der Waals surface area (Å²) in [5.74, 6) is -1.89. The largest absolute Gasteiger partial charge is 0.493 e. The van der Waals surface area contributed by atoms with Crippen molar-refractivity contribution in [1.82, 2.24) is 4.72 Å². The molecule has 11 heteroatoms. The standard InChI is InChI=1S/C19H17F2NO7S/c1-28-16-9-3-12(10-17(16)29-19(20)21)2-8-15(23)13-4-6-14(7-5-13)30(26,27)22-11-18(24)25/h2-10,19,22H,11H2,1H3,(H,24,25)/b8-2+. The van der Waals surface area contributed by atoms with Gasteiger partial charge < -0.3 is 14.6 Å². The lowest BCUT2D eigenvalue weighted by Gasteiger charge is -2.10. The number of carboxylic acids is 1. The van der Waals surface area contributed by atoms with Crippen molar-refractivity contribution in [3.8, 4) is 11.5 Å². The van der Waals surface area contributed by atoms with Gasteiger partial charge in [0.2, 0.25) is 10.0 Å². The summed E-state index contributed by atoms with van der Waals surface area (Å²) in [5, 5.41) is 8.55. The predicted octanol–water partition coefficient (Wildman–Crippen LogP) is 2.56. The number of carbonyl (C=O) groups is 2. The van der Waals surface area contributed by atoms with Crippen LogP contribution in [-0.2, 0) is 14.8 Å². The molecule has 160 valence electrons. The van der Waals surface area contributed by atoms with Crippen molar-refractivity contribution < 1.29 is 41.4 Å². The van der Waals surface area contributed by atoms with Gasteiger partial charge in [0.05, 0.1) is 12.0 Å². The Morgan fingerprint density at radius 3 is 2.37 bits per heavy atom. The Morgan fingerprint density at radius 1 is 1.13 bits per heavy atom. The summed E-state index contributed by atoms with van der Waals surface area (Å²) in [6, 6.07) is 9.07. The number of alkyl halides is 2. The SMILES string of the molecule is COc1ccc(/C=C/C(=O)c2ccc(S(=O)(=O)NCC(=O)O)cc2)cc1OC(F)F. The van der Waals surface area contributed by atoms with Crippen molar-refractivity contribution >= 4 is 27.9 Å². The summed E-state index contributed by atoms with van der Waals surface area (Å²) in [4.78, 5) is 22.6. The fourth-order valence-electron chi connectivity index (χ4n) is 2.29. The first-order chi connectivity index (χ1) is 14.1. The van der Waals surface area contributed by atoms with Gasteiger partial charge in [0.15, 0.2) is 17.3 Å². The van der Waals surface area contributed by atoms with E-state index in [0.29, 0.717) is 5.56 Å². The Morgan fingerprint density at radius 2 is 1.80 bits per heavy atom. The topological polar surface area (TPSA) is 119 Å². The molecule has 0 bridgehead atoms. The number of sulfonamides is 1. The molecule has 0 saturated heterocycles. The van der Waals surface area contributed by atoms with E-state index in [4.69, 9.17) is 9.84 Å². The van der Waals surface area contributed by atoms with Gasteiger partial charge in [-0.1, -0.05) is 12.1 Å². The molecule has 0 aliphatic rings. The highest BCUT2D eigenvalue weighted by atomic mass is 32.2. The van der Waals surface area contributed by atoms with Crippen LogP contribution in [0.3, 0.4) is 0 Å². The summed E-state index contributed by atoms with van der Waals surface area (Å²) in [6.07, 6.45) is 2.55. The van der Waals surface area contributed by atoms with Crippen molar-refractivity contribution in [3.63, 3.8) is 0 Å². The molecule has 0 unspecified atom stereocenters. The van der Waals surface area contributed by atoms with Gasteiger partial charge in [-0.3, -0.25) is 9.59 Å². The number of ketones is 1. The Balaban J connectivity index is 2.14. The zero-order valence-corrected chi connectivity index (χ0v) is 16.4. The highest BCUT2D eigenvalue weighted by molar-refractivity contribution is 7.89. The third kappa shape index (κ3) is 6.36. The molecule has 0 aliphatic carbocycles. The van der Waals surface area contributed by atoms with Gasteiger partial charge in [-0.2, -0.15) is 13.5 Å². The quantitative estimate of drug-likeness (QED) is 0.430. The zero-order chi connectivity index (χ0) is 22.3. The molecule has 0 amide bonds. The van der Waals surface area contributed by atoms with Gasteiger partial charge in [0, 0.05) is 5.56 Å². The summed E-state index contributed by atoms with van der Waals surface area (Å²) in [6.45, 7) is -3.82. The lowest BCUT2D eigenvalue weighted by atomic mass is 10.1. The van der Waals surface area contributed by atoms with E-state index >= 15 is 0 Å². The number of aliphatic carboxylic acids is 1. The Labute approximate surface area is 170 Å². The van der Waals surface area contributed by atoms with Crippen molar-refractivity contribution in [2.75, 3.05) is 13.7 Å². The molecule has 0 aliphatic heterocycles. The molecule has 2 aromatic carbocycles. The second-order valence-electron chi connectivity index (χ2n) is 5.73. The molecule has 30 heavy (non-hydrogen) atoms. The number of benzene rings is 2. The van der Waals surface area contributed by atoms with Crippen LogP contribution in [0.5, 0.6) is 11.5 Å².